The Labute approximate surface area is 179 Å². The van der Waals surface area contributed by atoms with Gasteiger partial charge < -0.3 is 4.74 Å². The van der Waals surface area contributed by atoms with Gasteiger partial charge in [-0.05, 0) is 61.6 Å². The number of halogens is 1. The zero-order chi connectivity index (χ0) is 20.9. The highest BCUT2D eigenvalue weighted by Gasteiger charge is 2.53. The van der Waals surface area contributed by atoms with Crippen molar-refractivity contribution in [2.24, 2.45) is 0 Å². The van der Waals surface area contributed by atoms with Crippen LogP contribution >= 0.6 is 12.2 Å². The standard InChI is InChI=1S/C24H19FN2O2S/c1-24-15-20(19-9-5-6-10-21(19)29-24)26(22(28)16-11-13-17(25)14-12-16)23(30)27(24)18-7-3-2-4-8-18/h2-14,20H,15H2,1H3/t20-,24+/m1/s1. The maximum absolute atomic E-state index is 13.6. The second-order valence-electron chi connectivity index (χ2n) is 7.67. The molecule has 2 aliphatic rings. The van der Waals surface area contributed by atoms with E-state index in [1.54, 1.807) is 4.90 Å². The fourth-order valence-electron chi connectivity index (χ4n) is 4.33. The number of para-hydroxylation sites is 2. The number of fused-ring (bicyclic) bond motifs is 4. The van der Waals surface area contributed by atoms with Gasteiger partial charge in [0, 0.05) is 23.2 Å². The number of nitrogens with zero attached hydrogens (tertiary/aromatic N) is 2. The molecule has 2 atom stereocenters. The molecule has 0 aliphatic carbocycles. The van der Waals surface area contributed by atoms with Gasteiger partial charge in [-0.3, -0.25) is 14.6 Å². The van der Waals surface area contributed by atoms with E-state index in [1.165, 1.54) is 24.3 Å². The third-order valence-corrected chi connectivity index (χ3v) is 6.07. The van der Waals surface area contributed by atoms with Crippen molar-refractivity contribution >= 4 is 28.9 Å². The molecule has 30 heavy (non-hydrogen) atoms. The van der Waals surface area contributed by atoms with Crippen LogP contribution < -0.4 is 9.64 Å². The molecule has 2 aliphatic heterocycles. The summed E-state index contributed by atoms with van der Waals surface area (Å²) < 4.78 is 19.9. The molecule has 4 nitrogen and oxygen atoms in total. The Hall–Kier alpha value is -3.25. The monoisotopic (exact) mass is 418 g/mol. The second-order valence-corrected chi connectivity index (χ2v) is 8.04. The van der Waals surface area contributed by atoms with Gasteiger partial charge in [0.1, 0.15) is 11.6 Å². The Morgan fingerprint density at radius 3 is 2.43 bits per heavy atom. The average molecular weight is 418 g/mol. The molecule has 2 heterocycles. The van der Waals surface area contributed by atoms with Crippen LogP contribution in [0, 0.1) is 5.82 Å². The number of ether oxygens (including phenoxy) is 1. The second kappa shape index (κ2) is 6.92. The molecule has 0 radical (unpaired) electrons. The van der Waals surface area contributed by atoms with Crippen molar-refractivity contribution in [3.63, 3.8) is 0 Å². The number of thiocarbonyl (C=S) groups is 1. The summed E-state index contributed by atoms with van der Waals surface area (Å²) >= 11 is 5.86. The molecule has 3 aromatic carbocycles. The highest BCUT2D eigenvalue weighted by Crippen LogP contribution is 2.49. The smallest absolute Gasteiger partial charge is 0.260 e. The van der Waals surface area contributed by atoms with Crippen molar-refractivity contribution in [2.75, 3.05) is 4.90 Å². The summed E-state index contributed by atoms with van der Waals surface area (Å²) in [4.78, 5) is 17.1. The lowest BCUT2D eigenvalue weighted by Crippen LogP contribution is -2.67. The summed E-state index contributed by atoms with van der Waals surface area (Å²) in [6.45, 7) is 1.99. The summed E-state index contributed by atoms with van der Waals surface area (Å²) in [5.41, 5.74) is 1.41. The Balaban J connectivity index is 1.67. The highest BCUT2D eigenvalue weighted by molar-refractivity contribution is 7.80. The van der Waals surface area contributed by atoms with Gasteiger partial charge in [-0.25, -0.2) is 4.39 Å². The number of anilines is 1. The van der Waals surface area contributed by atoms with E-state index in [0.29, 0.717) is 17.1 Å². The third kappa shape index (κ3) is 2.87. The van der Waals surface area contributed by atoms with E-state index in [4.69, 9.17) is 17.0 Å². The number of carbonyl (C=O) groups excluding carboxylic acids is 1. The fraction of sp³-hybridized carbons (Fsp3) is 0.167. The van der Waals surface area contributed by atoms with Gasteiger partial charge in [0.25, 0.3) is 5.91 Å². The van der Waals surface area contributed by atoms with Crippen LogP contribution in [-0.4, -0.2) is 21.6 Å². The first-order chi connectivity index (χ1) is 14.5. The lowest BCUT2D eigenvalue weighted by Gasteiger charge is -2.55. The summed E-state index contributed by atoms with van der Waals surface area (Å²) in [5.74, 6) is 0.0870. The van der Waals surface area contributed by atoms with Crippen LogP contribution in [-0.2, 0) is 0 Å². The van der Waals surface area contributed by atoms with Gasteiger partial charge in [0.2, 0.25) is 0 Å². The zero-order valence-corrected chi connectivity index (χ0v) is 17.1. The van der Waals surface area contributed by atoms with E-state index in [0.717, 1.165) is 17.0 Å². The predicted octanol–water partition coefficient (Wildman–Crippen LogP) is 5.31. The number of carbonyl (C=O) groups is 1. The van der Waals surface area contributed by atoms with E-state index < -0.39 is 5.72 Å². The maximum atomic E-state index is 13.6. The number of amides is 1. The Morgan fingerprint density at radius 1 is 1.03 bits per heavy atom. The van der Waals surface area contributed by atoms with Crippen LogP contribution in [0.3, 0.4) is 0 Å². The zero-order valence-electron chi connectivity index (χ0n) is 16.3. The molecule has 0 spiro atoms. The average Bonchev–Trinajstić information content (AvgIpc) is 2.74. The van der Waals surface area contributed by atoms with Crippen molar-refractivity contribution in [3.8, 4) is 5.75 Å². The van der Waals surface area contributed by atoms with Gasteiger partial charge in [-0.1, -0.05) is 36.4 Å². The van der Waals surface area contributed by atoms with Crippen molar-refractivity contribution < 1.29 is 13.9 Å². The Morgan fingerprint density at radius 2 is 1.70 bits per heavy atom. The first-order valence-corrected chi connectivity index (χ1v) is 10.1. The lowest BCUT2D eigenvalue weighted by molar-refractivity contribution is 0.0184. The van der Waals surface area contributed by atoms with Crippen LogP contribution in [0.15, 0.2) is 78.9 Å². The molecule has 1 amide bonds. The fourth-order valence-corrected chi connectivity index (χ4v) is 4.84. The largest absolute Gasteiger partial charge is 0.467 e. The predicted molar refractivity (Wildman–Crippen MR) is 117 cm³/mol. The molecule has 150 valence electrons. The number of hydrogen-bond acceptors (Lipinski definition) is 3. The Bertz CT molecular complexity index is 1140. The van der Waals surface area contributed by atoms with Crippen LogP contribution in [0.5, 0.6) is 5.75 Å². The summed E-state index contributed by atoms with van der Waals surface area (Å²) in [6.07, 6.45) is 0.548. The minimum atomic E-state index is -0.739. The molecule has 1 saturated heterocycles. The minimum absolute atomic E-state index is 0.260. The minimum Gasteiger partial charge on any atom is -0.467 e. The van der Waals surface area contributed by atoms with Crippen LogP contribution in [0.4, 0.5) is 10.1 Å². The van der Waals surface area contributed by atoms with E-state index in [1.807, 2.05) is 66.4 Å². The Kier molecular flexibility index (Phi) is 4.33. The number of benzene rings is 3. The van der Waals surface area contributed by atoms with Crippen molar-refractivity contribution in [2.45, 2.75) is 25.1 Å². The summed E-state index contributed by atoms with van der Waals surface area (Å²) in [5, 5.41) is 0.365. The normalized spacial score (nSPS) is 22.3. The van der Waals surface area contributed by atoms with Gasteiger partial charge in [-0.15, -0.1) is 0 Å². The molecule has 6 heteroatoms. The van der Waals surface area contributed by atoms with E-state index >= 15 is 0 Å². The maximum Gasteiger partial charge on any atom is 0.260 e. The molecular formula is C24H19FN2O2S. The first kappa shape index (κ1) is 18.8. The first-order valence-electron chi connectivity index (χ1n) is 9.74. The molecule has 0 aromatic heterocycles. The van der Waals surface area contributed by atoms with Crippen molar-refractivity contribution in [3.05, 3.63) is 95.8 Å². The summed E-state index contributed by atoms with van der Waals surface area (Å²) in [6, 6.07) is 22.7. The van der Waals surface area contributed by atoms with E-state index in [2.05, 4.69) is 0 Å². The van der Waals surface area contributed by atoms with Crippen LogP contribution in [0.25, 0.3) is 0 Å². The van der Waals surface area contributed by atoms with Gasteiger partial charge in [0.05, 0.1) is 6.04 Å². The van der Waals surface area contributed by atoms with Crippen LogP contribution in [0.2, 0.25) is 0 Å². The molecule has 5 rings (SSSR count). The molecule has 0 unspecified atom stereocenters. The number of hydrogen-bond donors (Lipinski definition) is 0. The SMILES string of the molecule is C[C@@]12C[C@H](c3ccccc3O1)N(C(=O)c1ccc(F)cc1)C(=S)N2c1ccccc1. The summed E-state index contributed by atoms with van der Waals surface area (Å²) in [7, 11) is 0. The third-order valence-electron chi connectivity index (χ3n) is 5.69. The molecule has 2 bridgehead atoms. The van der Waals surface area contributed by atoms with Gasteiger partial charge in [-0.2, -0.15) is 0 Å². The van der Waals surface area contributed by atoms with Crippen molar-refractivity contribution in [1.29, 1.82) is 0 Å². The van der Waals surface area contributed by atoms with Crippen LogP contribution in [0.1, 0.15) is 35.3 Å². The topological polar surface area (TPSA) is 32.8 Å². The highest BCUT2D eigenvalue weighted by atomic mass is 32.1. The molecule has 3 aromatic rings. The molecule has 0 saturated carbocycles. The molecule has 1 fully saturated rings. The molecule has 0 N–H and O–H groups in total. The van der Waals surface area contributed by atoms with Crippen molar-refractivity contribution in [1.82, 2.24) is 4.90 Å². The van der Waals surface area contributed by atoms with Gasteiger partial charge >= 0.3 is 0 Å². The molecular weight excluding hydrogens is 399 g/mol. The van der Waals surface area contributed by atoms with E-state index in [9.17, 15) is 9.18 Å². The quantitative estimate of drug-likeness (QED) is 0.528. The lowest BCUT2D eigenvalue weighted by atomic mass is 9.88. The number of rotatable bonds is 2. The van der Waals surface area contributed by atoms with E-state index in [-0.39, 0.29) is 17.8 Å². The van der Waals surface area contributed by atoms with Gasteiger partial charge in [0.15, 0.2) is 10.8 Å².